The van der Waals surface area contributed by atoms with Gasteiger partial charge in [-0.05, 0) is 81.5 Å². The number of furan rings is 1. The number of amides is 4. The van der Waals surface area contributed by atoms with Gasteiger partial charge in [0.1, 0.15) is 23.9 Å². The van der Waals surface area contributed by atoms with Gasteiger partial charge < -0.3 is 30.3 Å². The van der Waals surface area contributed by atoms with Crippen molar-refractivity contribution in [3.63, 3.8) is 0 Å². The summed E-state index contributed by atoms with van der Waals surface area (Å²) in [6.45, 7) is 5.39. The molecule has 250 valence electrons. The minimum Gasteiger partial charge on any atom is -0.451 e. The molecule has 4 N–H and O–H groups in total. The van der Waals surface area contributed by atoms with Gasteiger partial charge in [-0.15, -0.1) is 0 Å². The van der Waals surface area contributed by atoms with E-state index in [0.29, 0.717) is 22.8 Å². The standard InChI is InChI=1S/C35H43N5O7/c1-20(2)36-33(44)27(41)14-13-25(37-34(45)29-18-23-9-4-5-12-28(23)47-29)32(43)38-26-11-7-15-40(35(26)46)19-30(42)39-31-21(3)16-22-8-6-10-24(31)17-22/h4-5,7,9,11-12,15,18,20-22,24-25,31H,6,8,10,13-14,16-17,19H2,1-3H3,(H,36,44)(H,37,45)(H,38,43)(H,39,42)/t21?,22?,24?,25-,31?/m0/s1. The molecule has 0 aliphatic heterocycles. The predicted molar refractivity (Wildman–Crippen MR) is 175 cm³/mol. The molecule has 3 aromatic rings. The van der Waals surface area contributed by atoms with E-state index < -0.39 is 35.1 Å². The highest BCUT2D eigenvalue weighted by molar-refractivity contribution is 6.36. The molecule has 2 aliphatic rings. The van der Waals surface area contributed by atoms with Crippen molar-refractivity contribution in [3.8, 4) is 0 Å². The molecule has 2 heterocycles. The van der Waals surface area contributed by atoms with E-state index in [0.717, 1.165) is 25.2 Å². The van der Waals surface area contributed by atoms with Crippen molar-refractivity contribution in [1.29, 1.82) is 0 Å². The molecule has 5 rings (SSSR count). The van der Waals surface area contributed by atoms with Gasteiger partial charge in [-0.2, -0.15) is 0 Å². The van der Waals surface area contributed by atoms with Crippen LogP contribution in [0.25, 0.3) is 11.0 Å². The van der Waals surface area contributed by atoms with E-state index in [1.54, 1.807) is 44.2 Å². The first-order chi connectivity index (χ1) is 22.5. The molecule has 0 spiro atoms. The second kappa shape index (κ2) is 14.8. The first-order valence-corrected chi connectivity index (χ1v) is 16.4. The Balaban J connectivity index is 1.27. The van der Waals surface area contributed by atoms with Gasteiger partial charge in [-0.25, -0.2) is 0 Å². The summed E-state index contributed by atoms with van der Waals surface area (Å²) in [5.74, 6) is -1.81. The Hall–Kier alpha value is -4.74. The van der Waals surface area contributed by atoms with Gasteiger partial charge in [-0.3, -0.25) is 28.8 Å². The third kappa shape index (κ3) is 8.35. The Morgan fingerprint density at radius 3 is 2.55 bits per heavy atom. The van der Waals surface area contributed by atoms with Gasteiger partial charge in [0, 0.05) is 30.1 Å². The summed E-state index contributed by atoms with van der Waals surface area (Å²) < 4.78 is 6.85. The molecule has 0 saturated heterocycles. The normalized spacial score (nSPS) is 21.1. The lowest BCUT2D eigenvalue weighted by atomic mass is 9.65. The number of aromatic nitrogens is 1. The van der Waals surface area contributed by atoms with Crippen LogP contribution in [0, 0.1) is 17.8 Å². The van der Waals surface area contributed by atoms with E-state index in [1.165, 1.54) is 35.7 Å². The van der Waals surface area contributed by atoms with E-state index in [9.17, 15) is 28.8 Å². The van der Waals surface area contributed by atoms with Crippen LogP contribution in [0.3, 0.4) is 0 Å². The number of para-hydroxylation sites is 1. The van der Waals surface area contributed by atoms with Crippen LogP contribution in [-0.4, -0.2) is 52.1 Å². The Kier molecular flexibility index (Phi) is 10.6. The van der Waals surface area contributed by atoms with Crippen molar-refractivity contribution in [1.82, 2.24) is 20.5 Å². The zero-order valence-electron chi connectivity index (χ0n) is 27.0. The molecule has 5 atom stereocenters. The van der Waals surface area contributed by atoms with Crippen molar-refractivity contribution in [2.45, 2.75) is 90.4 Å². The lowest BCUT2D eigenvalue weighted by Crippen LogP contribution is -2.50. The molecule has 4 amide bonds. The molecule has 47 heavy (non-hydrogen) atoms. The van der Waals surface area contributed by atoms with Crippen LogP contribution in [0.15, 0.2) is 57.9 Å². The second-order valence-electron chi connectivity index (χ2n) is 13.2. The van der Waals surface area contributed by atoms with E-state index >= 15 is 0 Å². The minimum absolute atomic E-state index is 0.0445. The highest BCUT2D eigenvalue weighted by atomic mass is 16.3. The quantitative estimate of drug-likeness (QED) is 0.219. The smallest absolute Gasteiger partial charge is 0.287 e. The molecule has 12 heteroatoms. The van der Waals surface area contributed by atoms with Crippen molar-refractivity contribution >= 4 is 46.1 Å². The van der Waals surface area contributed by atoms with Gasteiger partial charge in [0.2, 0.25) is 17.6 Å². The molecule has 1 aromatic carbocycles. The number of hydrogen-bond acceptors (Lipinski definition) is 7. The zero-order chi connectivity index (χ0) is 33.7. The van der Waals surface area contributed by atoms with Gasteiger partial charge in [0.15, 0.2) is 5.76 Å². The third-order valence-electron chi connectivity index (χ3n) is 9.17. The summed E-state index contributed by atoms with van der Waals surface area (Å²) in [5.41, 5.74) is -0.215. The van der Waals surface area contributed by atoms with E-state index in [-0.39, 0.29) is 48.8 Å². The summed E-state index contributed by atoms with van der Waals surface area (Å²) in [6.07, 6.45) is 6.66. The molecule has 0 radical (unpaired) electrons. The number of anilines is 1. The first-order valence-electron chi connectivity index (χ1n) is 16.4. The van der Waals surface area contributed by atoms with Crippen LogP contribution in [0.4, 0.5) is 5.69 Å². The van der Waals surface area contributed by atoms with Crippen molar-refractivity contribution in [3.05, 3.63) is 64.8 Å². The number of pyridine rings is 1. The average molecular weight is 646 g/mol. The fraction of sp³-hybridized carbons (Fsp3) is 0.486. The monoisotopic (exact) mass is 645 g/mol. The first kappa shape index (κ1) is 33.6. The summed E-state index contributed by atoms with van der Waals surface area (Å²) >= 11 is 0. The number of carbonyl (C=O) groups excluding carboxylic acids is 5. The number of ketones is 1. The number of hydrogen-bond donors (Lipinski definition) is 4. The van der Waals surface area contributed by atoms with E-state index in [1.807, 2.05) is 0 Å². The van der Waals surface area contributed by atoms with Crippen LogP contribution >= 0.6 is 0 Å². The fourth-order valence-corrected chi connectivity index (χ4v) is 6.96. The molecule has 2 saturated carbocycles. The summed E-state index contributed by atoms with van der Waals surface area (Å²) in [4.78, 5) is 77.8. The Morgan fingerprint density at radius 1 is 1.00 bits per heavy atom. The highest BCUT2D eigenvalue weighted by Gasteiger charge is 2.38. The van der Waals surface area contributed by atoms with Crippen LogP contribution in [0.2, 0.25) is 0 Å². The average Bonchev–Trinajstić information content (AvgIpc) is 3.47. The summed E-state index contributed by atoms with van der Waals surface area (Å²) in [7, 11) is 0. The SMILES string of the molecule is CC(C)NC(=O)C(=O)CC[C@H](NC(=O)c1cc2ccccc2o1)C(=O)Nc1cccn(CC(=O)NC2C(C)CC3CCCC2C3)c1=O. The Bertz CT molecular complexity index is 1670. The molecule has 2 bridgehead atoms. The number of rotatable bonds is 12. The number of nitrogens with zero attached hydrogens (tertiary/aromatic N) is 1. The zero-order valence-corrected chi connectivity index (χ0v) is 27.0. The predicted octanol–water partition coefficient (Wildman–Crippen LogP) is 3.54. The molecular formula is C35H43N5O7. The van der Waals surface area contributed by atoms with Crippen molar-refractivity contribution < 1.29 is 28.4 Å². The number of carbonyl (C=O) groups is 5. The Morgan fingerprint density at radius 2 is 1.79 bits per heavy atom. The van der Waals surface area contributed by atoms with Gasteiger partial charge >= 0.3 is 0 Å². The van der Waals surface area contributed by atoms with Gasteiger partial charge in [0.05, 0.1) is 0 Å². The number of nitrogens with one attached hydrogen (secondary N) is 4. The second-order valence-corrected chi connectivity index (χ2v) is 13.2. The number of benzene rings is 1. The lowest BCUT2D eigenvalue weighted by Gasteiger charge is -2.44. The third-order valence-corrected chi connectivity index (χ3v) is 9.17. The number of fused-ring (bicyclic) bond motifs is 3. The fourth-order valence-electron chi connectivity index (χ4n) is 6.96. The maximum atomic E-state index is 13.5. The molecule has 12 nitrogen and oxygen atoms in total. The summed E-state index contributed by atoms with van der Waals surface area (Å²) in [5, 5.41) is 11.5. The van der Waals surface area contributed by atoms with Crippen molar-refractivity contribution in [2.75, 3.05) is 5.32 Å². The summed E-state index contributed by atoms with van der Waals surface area (Å²) in [6, 6.07) is 10.0. The number of Topliss-reactive ketones (excluding diaryl/α,β-unsaturated/α-hetero) is 1. The van der Waals surface area contributed by atoms with Crippen LogP contribution in [-0.2, 0) is 25.7 Å². The van der Waals surface area contributed by atoms with Crippen LogP contribution in [0.5, 0.6) is 0 Å². The van der Waals surface area contributed by atoms with E-state index in [4.69, 9.17) is 4.42 Å². The highest BCUT2D eigenvalue weighted by Crippen LogP contribution is 2.42. The van der Waals surface area contributed by atoms with Gasteiger partial charge in [-0.1, -0.05) is 38.0 Å². The maximum absolute atomic E-state index is 13.5. The molecular weight excluding hydrogens is 602 g/mol. The minimum atomic E-state index is -1.30. The Labute approximate surface area is 273 Å². The molecule has 2 aromatic heterocycles. The van der Waals surface area contributed by atoms with Crippen molar-refractivity contribution in [2.24, 2.45) is 17.8 Å². The molecule has 2 fully saturated rings. The maximum Gasteiger partial charge on any atom is 0.287 e. The van der Waals surface area contributed by atoms with E-state index in [2.05, 4.69) is 28.2 Å². The lowest BCUT2D eigenvalue weighted by molar-refractivity contribution is -0.138. The van der Waals surface area contributed by atoms with Gasteiger partial charge in [0.25, 0.3) is 17.4 Å². The van der Waals surface area contributed by atoms with Crippen LogP contribution in [0.1, 0.15) is 76.3 Å². The largest absolute Gasteiger partial charge is 0.451 e. The molecule has 2 aliphatic carbocycles. The molecule has 4 unspecified atom stereocenters. The van der Waals surface area contributed by atoms with Crippen LogP contribution < -0.4 is 26.8 Å². The topological polar surface area (TPSA) is 169 Å².